The van der Waals surface area contributed by atoms with Crippen LogP contribution in [0.1, 0.15) is 65.7 Å². The number of rotatable bonds is 3. The maximum absolute atomic E-state index is 12.5. The van der Waals surface area contributed by atoms with E-state index in [-0.39, 0.29) is 18.0 Å². The number of carbonyl (C=O) groups is 1. The van der Waals surface area contributed by atoms with Crippen LogP contribution in [0.5, 0.6) is 0 Å². The van der Waals surface area contributed by atoms with Gasteiger partial charge in [-0.05, 0) is 55.9 Å². The van der Waals surface area contributed by atoms with Crippen LogP contribution in [0.2, 0.25) is 0 Å². The Morgan fingerprint density at radius 2 is 1.95 bits per heavy atom. The maximum atomic E-state index is 12.5. The fourth-order valence-electron chi connectivity index (χ4n) is 4.40. The van der Waals surface area contributed by atoms with Gasteiger partial charge in [-0.15, -0.1) is 0 Å². The standard InChI is InChI=1S/C17H31NO2/c1-12-8-14(10-17(2,3)9-12)20-16(19)15-7-5-4-6-13(15)11-18/h12-15H,4-11,18H2,1-3H3. The molecule has 0 spiro atoms. The Labute approximate surface area is 123 Å². The zero-order valence-corrected chi connectivity index (χ0v) is 13.4. The van der Waals surface area contributed by atoms with Crippen molar-refractivity contribution in [3.8, 4) is 0 Å². The lowest BCUT2D eigenvalue weighted by atomic mass is 9.71. The summed E-state index contributed by atoms with van der Waals surface area (Å²) in [5.41, 5.74) is 6.12. The Hall–Kier alpha value is -0.570. The minimum atomic E-state index is 0.0232. The zero-order valence-electron chi connectivity index (χ0n) is 13.4. The van der Waals surface area contributed by atoms with Crippen molar-refractivity contribution in [2.75, 3.05) is 6.54 Å². The maximum Gasteiger partial charge on any atom is 0.309 e. The molecule has 2 fully saturated rings. The molecule has 3 heteroatoms. The predicted octanol–water partition coefficient (Wildman–Crippen LogP) is 3.51. The normalized spacial score (nSPS) is 37.4. The smallest absolute Gasteiger partial charge is 0.309 e. The second-order valence-corrected chi connectivity index (χ2v) is 7.86. The lowest BCUT2D eigenvalue weighted by Gasteiger charge is -2.39. The summed E-state index contributed by atoms with van der Waals surface area (Å²) in [6.45, 7) is 7.46. The van der Waals surface area contributed by atoms with Gasteiger partial charge in [-0.1, -0.05) is 33.6 Å². The molecule has 4 unspecified atom stereocenters. The van der Waals surface area contributed by atoms with Crippen LogP contribution in [0.25, 0.3) is 0 Å². The molecule has 0 aromatic heterocycles. The topological polar surface area (TPSA) is 52.3 Å². The second kappa shape index (κ2) is 6.46. The molecule has 0 bridgehead atoms. The van der Waals surface area contributed by atoms with Crippen molar-refractivity contribution in [2.24, 2.45) is 28.9 Å². The van der Waals surface area contributed by atoms with Crippen molar-refractivity contribution in [1.29, 1.82) is 0 Å². The predicted molar refractivity (Wildman–Crippen MR) is 81.2 cm³/mol. The molecule has 0 saturated heterocycles. The highest BCUT2D eigenvalue weighted by molar-refractivity contribution is 5.73. The van der Waals surface area contributed by atoms with E-state index in [1.54, 1.807) is 0 Å². The fourth-order valence-corrected chi connectivity index (χ4v) is 4.40. The number of ether oxygens (including phenoxy) is 1. The molecule has 2 N–H and O–H groups in total. The third-order valence-electron chi connectivity index (χ3n) is 5.14. The molecular weight excluding hydrogens is 250 g/mol. The van der Waals surface area contributed by atoms with Crippen LogP contribution >= 0.6 is 0 Å². The molecule has 0 aromatic carbocycles. The highest BCUT2D eigenvalue weighted by Crippen LogP contribution is 2.40. The van der Waals surface area contributed by atoms with Gasteiger partial charge in [0.2, 0.25) is 0 Å². The first kappa shape index (κ1) is 15.8. The summed E-state index contributed by atoms with van der Waals surface area (Å²) in [6.07, 6.45) is 7.77. The average molecular weight is 281 g/mol. The summed E-state index contributed by atoms with van der Waals surface area (Å²) in [6, 6.07) is 0. The number of esters is 1. The molecule has 116 valence electrons. The van der Waals surface area contributed by atoms with E-state index in [4.69, 9.17) is 10.5 Å². The Bertz CT molecular complexity index is 340. The minimum Gasteiger partial charge on any atom is -0.462 e. The summed E-state index contributed by atoms with van der Waals surface area (Å²) in [5.74, 6) is 1.06. The van der Waals surface area contributed by atoms with Gasteiger partial charge in [-0.25, -0.2) is 0 Å². The Balaban J connectivity index is 1.93. The number of carbonyl (C=O) groups excluding carboxylic acids is 1. The van der Waals surface area contributed by atoms with Gasteiger partial charge in [0.1, 0.15) is 6.10 Å². The molecule has 2 aliphatic carbocycles. The molecule has 0 amide bonds. The third-order valence-corrected chi connectivity index (χ3v) is 5.14. The first-order chi connectivity index (χ1) is 9.41. The van der Waals surface area contributed by atoms with Crippen LogP contribution in [0.15, 0.2) is 0 Å². The number of hydrogen-bond donors (Lipinski definition) is 1. The van der Waals surface area contributed by atoms with Gasteiger partial charge in [0, 0.05) is 0 Å². The van der Waals surface area contributed by atoms with E-state index in [0.29, 0.717) is 23.8 Å². The van der Waals surface area contributed by atoms with Crippen molar-refractivity contribution in [3.05, 3.63) is 0 Å². The van der Waals surface area contributed by atoms with Crippen molar-refractivity contribution in [1.82, 2.24) is 0 Å². The third kappa shape index (κ3) is 3.97. The molecule has 0 radical (unpaired) electrons. The Kier molecular flexibility index (Phi) is 5.11. The first-order valence-electron chi connectivity index (χ1n) is 8.32. The molecule has 2 aliphatic rings. The van der Waals surface area contributed by atoms with Crippen LogP contribution in [0, 0.1) is 23.2 Å². The fraction of sp³-hybridized carbons (Fsp3) is 0.941. The number of hydrogen-bond acceptors (Lipinski definition) is 3. The van der Waals surface area contributed by atoms with Crippen LogP contribution in [-0.4, -0.2) is 18.6 Å². The number of nitrogens with two attached hydrogens (primary N) is 1. The summed E-state index contributed by atoms with van der Waals surface area (Å²) < 4.78 is 5.87. The summed E-state index contributed by atoms with van der Waals surface area (Å²) in [4.78, 5) is 12.5. The van der Waals surface area contributed by atoms with Gasteiger partial charge in [0.15, 0.2) is 0 Å². The Morgan fingerprint density at radius 3 is 2.60 bits per heavy atom. The Morgan fingerprint density at radius 1 is 1.25 bits per heavy atom. The van der Waals surface area contributed by atoms with Crippen LogP contribution < -0.4 is 5.73 Å². The van der Waals surface area contributed by atoms with Gasteiger partial charge in [-0.2, -0.15) is 0 Å². The second-order valence-electron chi connectivity index (χ2n) is 7.86. The quantitative estimate of drug-likeness (QED) is 0.805. The first-order valence-corrected chi connectivity index (χ1v) is 8.32. The lowest BCUT2D eigenvalue weighted by molar-refractivity contribution is -0.161. The van der Waals surface area contributed by atoms with Gasteiger partial charge in [0.05, 0.1) is 5.92 Å². The van der Waals surface area contributed by atoms with Gasteiger partial charge >= 0.3 is 5.97 Å². The van der Waals surface area contributed by atoms with E-state index < -0.39 is 0 Å². The van der Waals surface area contributed by atoms with Crippen LogP contribution in [-0.2, 0) is 9.53 Å². The average Bonchev–Trinajstić information content (AvgIpc) is 2.36. The molecule has 0 aromatic rings. The van der Waals surface area contributed by atoms with Crippen LogP contribution in [0.4, 0.5) is 0 Å². The molecule has 0 heterocycles. The van der Waals surface area contributed by atoms with E-state index in [1.807, 2.05) is 0 Å². The van der Waals surface area contributed by atoms with Gasteiger partial charge in [0.25, 0.3) is 0 Å². The van der Waals surface area contributed by atoms with Crippen molar-refractivity contribution < 1.29 is 9.53 Å². The molecule has 2 saturated carbocycles. The summed E-state index contributed by atoms with van der Waals surface area (Å²) in [7, 11) is 0. The van der Waals surface area contributed by atoms with Crippen LogP contribution in [0.3, 0.4) is 0 Å². The van der Waals surface area contributed by atoms with Crippen molar-refractivity contribution in [3.63, 3.8) is 0 Å². The van der Waals surface area contributed by atoms with Gasteiger partial charge < -0.3 is 10.5 Å². The SMILES string of the molecule is CC1CC(OC(=O)C2CCCCC2CN)CC(C)(C)C1. The molecule has 3 nitrogen and oxygen atoms in total. The summed E-state index contributed by atoms with van der Waals surface area (Å²) >= 11 is 0. The molecular formula is C17H31NO2. The zero-order chi connectivity index (χ0) is 14.8. The van der Waals surface area contributed by atoms with E-state index >= 15 is 0 Å². The molecule has 4 atom stereocenters. The van der Waals surface area contributed by atoms with E-state index in [9.17, 15) is 4.79 Å². The van der Waals surface area contributed by atoms with Crippen molar-refractivity contribution in [2.45, 2.75) is 71.8 Å². The summed E-state index contributed by atoms with van der Waals surface area (Å²) in [5, 5.41) is 0. The largest absolute Gasteiger partial charge is 0.462 e. The highest BCUT2D eigenvalue weighted by Gasteiger charge is 2.37. The van der Waals surface area contributed by atoms with E-state index in [1.165, 1.54) is 12.8 Å². The molecule has 0 aliphatic heterocycles. The van der Waals surface area contributed by atoms with Crippen molar-refractivity contribution >= 4 is 5.97 Å². The van der Waals surface area contributed by atoms with Gasteiger partial charge in [-0.3, -0.25) is 4.79 Å². The molecule has 20 heavy (non-hydrogen) atoms. The monoisotopic (exact) mass is 281 g/mol. The highest BCUT2D eigenvalue weighted by atomic mass is 16.5. The lowest BCUT2D eigenvalue weighted by Crippen LogP contribution is -2.38. The molecule has 2 rings (SSSR count). The van der Waals surface area contributed by atoms with E-state index in [2.05, 4.69) is 20.8 Å². The van der Waals surface area contributed by atoms with E-state index in [0.717, 1.165) is 32.1 Å². The minimum absolute atomic E-state index is 0.0232.